The lowest BCUT2D eigenvalue weighted by Crippen LogP contribution is -1.94. The van der Waals surface area contributed by atoms with Crippen molar-refractivity contribution >= 4 is 33.9 Å². The molecule has 0 aliphatic rings. The van der Waals surface area contributed by atoms with E-state index in [1.807, 2.05) is 21.2 Å². The number of pyridine rings is 1. The Labute approximate surface area is 90.7 Å². The summed E-state index contributed by atoms with van der Waals surface area (Å²) in [6.07, 6.45) is 1.81. The standard InChI is InChI=1S/C9H10IN3/c1-6(2)9-8-7(12-13(9)10)4-3-5-11-8/h3-6H,1-2H3. The van der Waals surface area contributed by atoms with Crippen LogP contribution in [0.1, 0.15) is 25.5 Å². The molecular weight excluding hydrogens is 277 g/mol. The van der Waals surface area contributed by atoms with E-state index in [9.17, 15) is 0 Å². The molecule has 0 aliphatic heterocycles. The van der Waals surface area contributed by atoms with Crippen molar-refractivity contribution in [3.8, 4) is 0 Å². The molecule has 2 rings (SSSR count). The Balaban J connectivity index is 2.78. The average Bonchev–Trinajstić information content (AvgIpc) is 2.39. The summed E-state index contributed by atoms with van der Waals surface area (Å²) in [4.78, 5) is 4.34. The molecule has 0 aromatic carbocycles. The second-order valence-corrected chi connectivity index (χ2v) is 4.19. The molecule has 2 heterocycles. The number of fused-ring (bicyclic) bond motifs is 1. The summed E-state index contributed by atoms with van der Waals surface area (Å²) in [5, 5.41) is 4.38. The molecule has 13 heavy (non-hydrogen) atoms. The lowest BCUT2D eigenvalue weighted by atomic mass is 10.1. The Morgan fingerprint density at radius 2 is 2.23 bits per heavy atom. The van der Waals surface area contributed by atoms with Gasteiger partial charge in [-0.2, -0.15) is 5.10 Å². The van der Waals surface area contributed by atoms with Gasteiger partial charge in [-0.1, -0.05) is 13.8 Å². The van der Waals surface area contributed by atoms with Gasteiger partial charge in [0, 0.05) is 6.20 Å². The van der Waals surface area contributed by atoms with Crippen molar-refractivity contribution in [3.05, 3.63) is 24.0 Å². The zero-order chi connectivity index (χ0) is 9.42. The predicted octanol–water partition coefficient (Wildman–Crippen LogP) is 2.75. The van der Waals surface area contributed by atoms with E-state index < -0.39 is 0 Å². The molecule has 0 bridgehead atoms. The Morgan fingerprint density at radius 1 is 1.46 bits per heavy atom. The Bertz CT molecular complexity index is 433. The molecule has 0 saturated carbocycles. The number of nitrogens with zero attached hydrogens (tertiary/aromatic N) is 3. The van der Waals surface area contributed by atoms with Crippen LogP contribution in [0.15, 0.2) is 18.3 Å². The normalized spacial score (nSPS) is 11.4. The minimum atomic E-state index is 0.455. The van der Waals surface area contributed by atoms with E-state index in [2.05, 4.69) is 46.8 Å². The van der Waals surface area contributed by atoms with Crippen LogP contribution in [0.25, 0.3) is 11.0 Å². The van der Waals surface area contributed by atoms with Crippen molar-refractivity contribution < 1.29 is 0 Å². The maximum absolute atomic E-state index is 4.38. The molecule has 2 aromatic rings. The third-order valence-corrected chi connectivity index (χ3v) is 2.71. The SMILES string of the molecule is CC(C)c1c2ncccc2nn1I. The fourth-order valence-corrected chi connectivity index (χ4v) is 2.42. The van der Waals surface area contributed by atoms with Crippen molar-refractivity contribution in [2.24, 2.45) is 0 Å². The Hall–Kier alpha value is -0.650. The summed E-state index contributed by atoms with van der Waals surface area (Å²) in [5.74, 6) is 0.455. The summed E-state index contributed by atoms with van der Waals surface area (Å²) in [5.41, 5.74) is 3.18. The maximum Gasteiger partial charge on any atom is 0.113 e. The van der Waals surface area contributed by atoms with Gasteiger partial charge in [0.15, 0.2) is 0 Å². The lowest BCUT2D eigenvalue weighted by Gasteiger charge is -2.02. The Morgan fingerprint density at radius 3 is 2.92 bits per heavy atom. The van der Waals surface area contributed by atoms with Crippen LogP contribution >= 0.6 is 22.9 Å². The Kier molecular flexibility index (Phi) is 2.23. The first kappa shape index (κ1) is 8.93. The predicted molar refractivity (Wildman–Crippen MR) is 61.0 cm³/mol. The molecule has 0 spiro atoms. The molecule has 0 atom stereocenters. The van der Waals surface area contributed by atoms with E-state index in [-0.39, 0.29) is 0 Å². The molecule has 0 saturated heterocycles. The highest BCUT2D eigenvalue weighted by molar-refractivity contribution is 14.1. The van der Waals surface area contributed by atoms with Crippen LogP contribution in [-0.4, -0.2) is 13.0 Å². The molecule has 2 aromatic heterocycles. The third-order valence-electron chi connectivity index (χ3n) is 1.97. The average molecular weight is 287 g/mol. The number of aromatic nitrogens is 3. The van der Waals surface area contributed by atoms with Crippen LogP contribution < -0.4 is 0 Å². The van der Waals surface area contributed by atoms with Gasteiger partial charge in [-0.15, -0.1) is 0 Å². The number of halogens is 1. The fourth-order valence-electron chi connectivity index (χ4n) is 1.40. The fraction of sp³-hybridized carbons (Fsp3) is 0.333. The summed E-state index contributed by atoms with van der Waals surface area (Å²) >= 11 is 2.19. The quantitative estimate of drug-likeness (QED) is 0.755. The van der Waals surface area contributed by atoms with Crippen LogP contribution in [0.2, 0.25) is 0 Å². The highest BCUT2D eigenvalue weighted by Crippen LogP contribution is 2.24. The van der Waals surface area contributed by atoms with E-state index in [0.29, 0.717) is 5.92 Å². The zero-order valence-electron chi connectivity index (χ0n) is 7.53. The van der Waals surface area contributed by atoms with Gasteiger partial charge in [0.05, 0.1) is 28.6 Å². The van der Waals surface area contributed by atoms with Gasteiger partial charge in [0.1, 0.15) is 11.0 Å². The molecule has 0 amide bonds. The van der Waals surface area contributed by atoms with Crippen molar-refractivity contribution in [2.75, 3.05) is 0 Å². The van der Waals surface area contributed by atoms with Crippen molar-refractivity contribution in [1.29, 1.82) is 0 Å². The third kappa shape index (κ3) is 1.43. The topological polar surface area (TPSA) is 30.7 Å². The van der Waals surface area contributed by atoms with Gasteiger partial charge in [-0.3, -0.25) is 4.98 Å². The monoisotopic (exact) mass is 287 g/mol. The largest absolute Gasteiger partial charge is 0.253 e. The highest BCUT2D eigenvalue weighted by Gasteiger charge is 2.13. The van der Waals surface area contributed by atoms with Gasteiger partial charge in [-0.25, -0.2) is 2.90 Å². The van der Waals surface area contributed by atoms with Gasteiger partial charge in [0.25, 0.3) is 0 Å². The van der Waals surface area contributed by atoms with Crippen molar-refractivity contribution in [3.63, 3.8) is 0 Å². The second kappa shape index (κ2) is 3.25. The summed E-state index contributed by atoms with van der Waals surface area (Å²) in [7, 11) is 0. The van der Waals surface area contributed by atoms with Crippen molar-refractivity contribution in [2.45, 2.75) is 19.8 Å². The molecule has 0 fully saturated rings. The molecule has 68 valence electrons. The molecule has 0 N–H and O–H groups in total. The number of rotatable bonds is 1. The van der Waals surface area contributed by atoms with E-state index in [1.165, 1.54) is 5.69 Å². The summed E-state index contributed by atoms with van der Waals surface area (Å²) in [6.45, 7) is 4.31. The van der Waals surface area contributed by atoms with Gasteiger partial charge in [-0.05, 0) is 18.1 Å². The maximum atomic E-state index is 4.38. The molecular formula is C9H10IN3. The van der Waals surface area contributed by atoms with Crippen LogP contribution in [0.3, 0.4) is 0 Å². The minimum Gasteiger partial charge on any atom is -0.253 e. The van der Waals surface area contributed by atoms with Gasteiger partial charge < -0.3 is 0 Å². The van der Waals surface area contributed by atoms with E-state index in [4.69, 9.17) is 0 Å². The molecule has 3 nitrogen and oxygen atoms in total. The van der Waals surface area contributed by atoms with Crippen LogP contribution in [-0.2, 0) is 0 Å². The van der Waals surface area contributed by atoms with E-state index in [0.717, 1.165) is 11.0 Å². The summed E-state index contributed by atoms with van der Waals surface area (Å²) < 4.78 is 1.89. The van der Waals surface area contributed by atoms with Gasteiger partial charge >= 0.3 is 0 Å². The van der Waals surface area contributed by atoms with Crippen LogP contribution in [0.5, 0.6) is 0 Å². The van der Waals surface area contributed by atoms with Crippen LogP contribution in [0, 0.1) is 0 Å². The first-order chi connectivity index (χ1) is 6.20. The lowest BCUT2D eigenvalue weighted by molar-refractivity contribution is 0.805. The highest BCUT2D eigenvalue weighted by atomic mass is 127. The van der Waals surface area contributed by atoms with E-state index >= 15 is 0 Å². The number of hydrogen-bond donors (Lipinski definition) is 0. The zero-order valence-corrected chi connectivity index (χ0v) is 9.69. The number of hydrogen-bond acceptors (Lipinski definition) is 2. The molecule has 4 heteroatoms. The smallest absolute Gasteiger partial charge is 0.113 e. The first-order valence-electron chi connectivity index (χ1n) is 4.20. The van der Waals surface area contributed by atoms with Gasteiger partial charge in [0.2, 0.25) is 0 Å². The van der Waals surface area contributed by atoms with E-state index in [1.54, 1.807) is 0 Å². The minimum absolute atomic E-state index is 0.455. The molecule has 0 radical (unpaired) electrons. The first-order valence-corrected chi connectivity index (χ1v) is 5.16. The van der Waals surface area contributed by atoms with Crippen molar-refractivity contribution in [1.82, 2.24) is 13.0 Å². The summed E-state index contributed by atoms with van der Waals surface area (Å²) in [6, 6.07) is 3.90. The van der Waals surface area contributed by atoms with Crippen LogP contribution in [0.4, 0.5) is 0 Å². The molecule has 0 unspecified atom stereocenters. The molecule has 0 aliphatic carbocycles. The second-order valence-electron chi connectivity index (χ2n) is 3.27.